The molecule has 634 valence electrons. The number of phenolic OH excluding ortho intramolecular Hbond substituents is 6. The fourth-order valence-corrected chi connectivity index (χ4v) is 14.2. The van der Waals surface area contributed by atoms with Gasteiger partial charge in [-0.3, -0.25) is 14.7 Å². The first-order valence-corrected chi connectivity index (χ1v) is 40.5. The van der Waals surface area contributed by atoms with Crippen LogP contribution in [0.4, 0.5) is 0 Å². The monoisotopic (exact) mass is 1650 g/mol. The minimum absolute atomic E-state index is 0.00244. The molecule has 0 bridgehead atoms. The van der Waals surface area contributed by atoms with Crippen LogP contribution in [0.3, 0.4) is 0 Å². The molecule has 12 aromatic rings. The van der Waals surface area contributed by atoms with Crippen molar-refractivity contribution in [3.63, 3.8) is 0 Å². The Morgan fingerprint density at radius 1 is 0.268 bits per heavy atom. The summed E-state index contributed by atoms with van der Waals surface area (Å²) in [6.45, 7) is 62.9. The minimum atomic E-state index is -0.0839. The third-order valence-electron chi connectivity index (χ3n) is 20.1. The molecule has 7 N–H and O–H groups in total. The maximum atomic E-state index is 11.9. The number of aryl methyl sites for hydroxylation is 12. The lowest BCUT2D eigenvalue weighted by molar-refractivity contribution is -0.0980. The number of rotatable bonds is 31. The summed E-state index contributed by atoms with van der Waals surface area (Å²) in [4.78, 5) is 57.6. The van der Waals surface area contributed by atoms with Crippen molar-refractivity contribution in [3.05, 3.63) is 330 Å². The minimum Gasteiger partial charge on any atom is -0.508 e. The zero-order valence-electron chi connectivity index (χ0n) is 73.1. The number of hydrogen-bond acceptors (Lipinski definition) is 20. The van der Waals surface area contributed by atoms with Crippen LogP contribution in [0, 0.1) is 83.1 Å². The van der Waals surface area contributed by atoms with Crippen LogP contribution >= 0.6 is 0 Å². The second-order valence-corrected chi connectivity index (χ2v) is 30.3. The Hall–Kier alpha value is -13.8. The van der Waals surface area contributed by atoms with Crippen molar-refractivity contribution in [2.24, 2.45) is 0 Å². The van der Waals surface area contributed by atoms with E-state index in [1.54, 1.807) is 48.6 Å². The fourth-order valence-electron chi connectivity index (χ4n) is 14.2. The predicted octanol–water partition coefficient (Wildman–Crippen LogP) is 20.8. The van der Waals surface area contributed by atoms with Crippen LogP contribution in [-0.4, -0.2) is 149 Å². The van der Waals surface area contributed by atoms with Crippen LogP contribution in [0.1, 0.15) is 83.5 Å². The molecule has 0 atom stereocenters. The average molecular weight is 1650 g/mol. The first-order valence-electron chi connectivity index (χ1n) is 40.5. The van der Waals surface area contributed by atoms with Crippen LogP contribution < -0.4 is 5.32 Å². The molecular weight excluding hydrogens is 1530 g/mol. The topological polar surface area (TPSA) is 276 Å². The summed E-state index contributed by atoms with van der Waals surface area (Å²) in [5.41, 5.74) is 21.3. The van der Waals surface area contributed by atoms with Gasteiger partial charge in [0.2, 0.25) is 0 Å². The molecule has 0 fully saturated rings. The van der Waals surface area contributed by atoms with Gasteiger partial charge in [-0.05, 0) is 147 Å². The van der Waals surface area contributed by atoms with Crippen molar-refractivity contribution in [1.82, 2.24) is 64.9 Å². The molecule has 0 unspecified atom stereocenters. The Morgan fingerprint density at radius 3 is 0.805 bits per heavy atom. The van der Waals surface area contributed by atoms with Crippen LogP contribution in [0.25, 0.3) is 102 Å². The quantitative estimate of drug-likeness (QED) is 0.0157. The second-order valence-electron chi connectivity index (χ2n) is 30.3. The van der Waals surface area contributed by atoms with Gasteiger partial charge in [-0.15, -0.1) is 52.6 Å². The number of benzene rings is 9. The first kappa shape index (κ1) is 94.7. The van der Waals surface area contributed by atoms with E-state index in [2.05, 4.69) is 137 Å². The molecule has 0 aliphatic heterocycles. The summed E-state index contributed by atoms with van der Waals surface area (Å²) in [6.07, 6.45) is 14.4. The second kappa shape index (κ2) is 45.6. The van der Waals surface area contributed by atoms with Gasteiger partial charge in [0.25, 0.3) is 0 Å². The van der Waals surface area contributed by atoms with Crippen molar-refractivity contribution in [2.45, 2.75) is 103 Å². The van der Waals surface area contributed by atoms with Gasteiger partial charge in [0.1, 0.15) is 41.3 Å². The molecule has 0 aliphatic carbocycles. The number of carbonyl (C=O) groups is 1. The molecule has 0 aliphatic rings. The highest BCUT2D eigenvalue weighted by atomic mass is 16.3. The van der Waals surface area contributed by atoms with E-state index in [0.29, 0.717) is 138 Å². The lowest BCUT2D eigenvalue weighted by Crippen LogP contribution is -2.25. The summed E-state index contributed by atoms with van der Waals surface area (Å²) in [5.74, 6) is 3.93. The lowest BCUT2D eigenvalue weighted by Gasteiger charge is -2.25. The number of carbonyl (C=O) groups excluding carboxylic acids is 1. The van der Waals surface area contributed by atoms with Crippen LogP contribution in [0.2, 0.25) is 0 Å². The first-order chi connectivity index (χ1) is 59.0. The van der Waals surface area contributed by atoms with Crippen LogP contribution in [-0.2, 0) is 24.4 Å². The zero-order chi connectivity index (χ0) is 89.7. The van der Waals surface area contributed by atoms with Gasteiger partial charge in [0, 0.05) is 117 Å². The highest BCUT2D eigenvalue weighted by Gasteiger charge is 2.27. The van der Waals surface area contributed by atoms with Gasteiger partial charge >= 0.3 is 0 Å². The highest BCUT2D eigenvalue weighted by molar-refractivity contribution is 5.78. The van der Waals surface area contributed by atoms with E-state index < -0.39 is 0 Å². The number of aromatic nitrogens is 9. The van der Waals surface area contributed by atoms with Gasteiger partial charge in [0.05, 0.1) is 27.8 Å². The molecule has 0 spiro atoms. The number of nitrogens with zero attached hydrogens (tertiary/aromatic N) is 12. The molecule has 20 heteroatoms. The van der Waals surface area contributed by atoms with Crippen LogP contribution in [0.5, 0.6) is 34.5 Å². The third kappa shape index (κ3) is 25.2. The molecule has 3 aromatic heterocycles. The van der Waals surface area contributed by atoms with E-state index in [4.69, 9.17) is 39.7 Å². The summed E-state index contributed by atoms with van der Waals surface area (Å²) in [5, 5.41) is 68.6. The van der Waals surface area contributed by atoms with Crippen molar-refractivity contribution in [2.75, 3.05) is 52.4 Å². The summed E-state index contributed by atoms with van der Waals surface area (Å²) in [6, 6.07) is 46.3. The number of aromatic hydroxyl groups is 6. The largest absolute Gasteiger partial charge is 0.508 e. The normalized spacial score (nSPS) is 10.8. The SMILES string of the molecule is C=CCN(CC=C)Cc1c(O)ccc(-c2nc(-c3ccc(C)cc3C)nc(-c3ccc(C)cc3C)n2)c1O.C=CCN(CC=C)Cc1cc(-c2nc(-c3ccc(C)cc3C)nc(-c3ccc(C)cc3C)n2)c(O)c(CN(CC=C)CC=C)c1O.C=CCNCC=C.C=O.Cc1ccc(-c2nc(-c3ccc(C)cc3C)nc(-c3ccc(O)cc3O)n2)c(C)c1. The molecule has 0 saturated carbocycles. The van der Waals surface area contributed by atoms with Crippen molar-refractivity contribution >= 4 is 6.79 Å². The highest BCUT2D eigenvalue weighted by Crippen LogP contribution is 2.43. The Balaban J connectivity index is 0.000000222. The van der Waals surface area contributed by atoms with Gasteiger partial charge in [0.15, 0.2) is 52.4 Å². The van der Waals surface area contributed by atoms with E-state index in [0.717, 1.165) is 113 Å². The maximum absolute atomic E-state index is 11.9. The van der Waals surface area contributed by atoms with E-state index in [1.807, 2.05) is 169 Å². The molecule has 0 amide bonds. The maximum Gasteiger partial charge on any atom is 0.167 e. The van der Waals surface area contributed by atoms with Gasteiger partial charge in [-0.2, -0.15) is 0 Å². The van der Waals surface area contributed by atoms with Crippen molar-refractivity contribution in [1.29, 1.82) is 0 Å². The van der Waals surface area contributed by atoms with E-state index in [1.165, 1.54) is 12.1 Å². The summed E-state index contributed by atoms with van der Waals surface area (Å²) < 4.78 is 0. The molecule has 12 rings (SSSR count). The van der Waals surface area contributed by atoms with E-state index in [9.17, 15) is 30.6 Å². The average Bonchev–Trinajstić information content (AvgIpc) is 0.784. The van der Waals surface area contributed by atoms with Gasteiger partial charge in [-0.1, -0.05) is 191 Å². The molecule has 123 heavy (non-hydrogen) atoms. The smallest absolute Gasteiger partial charge is 0.167 e. The van der Waals surface area contributed by atoms with E-state index >= 15 is 0 Å². The van der Waals surface area contributed by atoms with Gasteiger partial charge in [-0.25, -0.2) is 44.9 Å². The Morgan fingerprint density at radius 2 is 0.520 bits per heavy atom. The number of hydrogen-bond donors (Lipinski definition) is 7. The third-order valence-corrected chi connectivity index (χ3v) is 20.1. The molecule has 3 heterocycles. The zero-order valence-corrected chi connectivity index (χ0v) is 73.1. The van der Waals surface area contributed by atoms with E-state index in [-0.39, 0.29) is 41.0 Å². The number of nitrogens with one attached hydrogen (secondary N) is 1. The van der Waals surface area contributed by atoms with Gasteiger partial charge < -0.3 is 40.8 Å². The Kier molecular flexibility index (Phi) is 35.1. The molecular formula is C103H115N13O7. The summed E-state index contributed by atoms with van der Waals surface area (Å²) >= 11 is 0. The predicted molar refractivity (Wildman–Crippen MR) is 503 cm³/mol. The molecule has 20 nitrogen and oxygen atoms in total. The van der Waals surface area contributed by atoms with Crippen molar-refractivity contribution < 1.29 is 35.4 Å². The Bertz CT molecular complexity index is 5470. The molecule has 0 radical (unpaired) electrons. The molecule has 9 aromatic carbocycles. The van der Waals surface area contributed by atoms with Crippen LogP contribution in [0.15, 0.2) is 247 Å². The fraction of sp³-hybridized carbons (Fsp3) is 0.223. The number of phenols is 6. The standard InChI is InChI=1S/C39H45N5O2.C32H34N4O2.C25H23N3O2.C6H11N.CH2O/c1-9-17-43(18-10-2)24-30-23-33(36(46)34(35(30)45)25-44(19-11-3)20-12-4)39-41-37(31-15-13-26(5)21-28(31)7)40-38(42-39)32-16-14-27(6)22-29(32)8;1-7-15-36(16-8-2)19-27-28(37)14-13-26(29(27)38)32-34-30(24-11-9-20(3)17-22(24)5)33-31(35-32)25-12-10-21(4)18-23(25)6;1-14-5-8-19(16(3)11-14)23-26-24(20-9-6-15(2)12-17(20)4)28-25(27-23)21-10-7-18(29)13-22(21)30;1-3-5-7-6-4-2;1-2/h9-16,21-23,45-46H,1-4,17-20,24-25H2,5-8H3;7-14,17-18,37-38H,1-2,15-16,19H2,3-6H3;5-13,29-30H,1-4H3;3-4,7H,1-2,5-6H2;1H2. The molecule has 0 saturated heterocycles. The Labute approximate surface area is 725 Å². The van der Waals surface area contributed by atoms with Crippen molar-refractivity contribution in [3.8, 4) is 137 Å². The lowest BCUT2D eigenvalue weighted by atomic mass is 9.99. The summed E-state index contributed by atoms with van der Waals surface area (Å²) in [7, 11) is 0.